The topological polar surface area (TPSA) is 48.4 Å². The summed E-state index contributed by atoms with van der Waals surface area (Å²) in [6.07, 6.45) is 2.41. The van der Waals surface area contributed by atoms with E-state index >= 15 is 0 Å². The van der Waals surface area contributed by atoms with Gasteiger partial charge in [0.15, 0.2) is 0 Å². The molecule has 0 bridgehead atoms. The van der Waals surface area contributed by atoms with Gasteiger partial charge in [0.05, 0.1) is 34.7 Å². The van der Waals surface area contributed by atoms with E-state index in [1.165, 1.54) is 7.11 Å². The predicted octanol–water partition coefficient (Wildman–Crippen LogP) is 6.96. The van der Waals surface area contributed by atoms with E-state index in [4.69, 9.17) is 32.7 Å². The van der Waals surface area contributed by atoms with Gasteiger partial charge in [-0.05, 0) is 62.4 Å². The molecule has 3 rings (SSSR count). The summed E-state index contributed by atoms with van der Waals surface area (Å²) in [6, 6.07) is 15.4. The molecule has 6 heteroatoms. The largest absolute Gasteiger partial charge is 0.478 e. The van der Waals surface area contributed by atoms with Crippen LogP contribution in [0.3, 0.4) is 0 Å². The van der Waals surface area contributed by atoms with E-state index in [1.807, 2.05) is 56.3 Å². The standard InChI is InChI=1S/C24H25Cl2NO3/c1-24(2,23(28)29-3)12-6-7-13-30-22-15-18(16-10-11-19(25)20(26)14-16)17-8-4-5-9-21(17)27-22/h4-5,8-11,14-15H,6-7,12-13H2,1-3H3. The monoisotopic (exact) mass is 445 g/mol. The molecule has 0 aliphatic carbocycles. The molecule has 158 valence electrons. The summed E-state index contributed by atoms with van der Waals surface area (Å²) >= 11 is 12.3. The van der Waals surface area contributed by atoms with Crippen LogP contribution in [0.25, 0.3) is 22.0 Å². The second-order valence-corrected chi connectivity index (χ2v) is 8.65. The molecule has 2 aromatic carbocycles. The van der Waals surface area contributed by atoms with Crippen LogP contribution in [-0.2, 0) is 9.53 Å². The number of methoxy groups -OCH3 is 1. The van der Waals surface area contributed by atoms with Gasteiger partial charge in [0.25, 0.3) is 0 Å². The highest BCUT2D eigenvalue weighted by atomic mass is 35.5. The summed E-state index contributed by atoms with van der Waals surface area (Å²) in [5.74, 6) is 0.368. The van der Waals surface area contributed by atoms with Gasteiger partial charge >= 0.3 is 5.97 Å². The molecule has 0 aliphatic rings. The molecule has 0 saturated heterocycles. The maximum absolute atomic E-state index is 11.8. The Morgan fingerprint density at radius 2 is 1.80 bits per heavy atom. The van der Waals surface area contributed by atoms with Gasteiger partial charge in [-0.15, -0.1) is 0 Å². The smallest absolute Gasteiger partial charge is 0.311 e. The molecule has 3 aromatic rings. The van der Waals surface area contributed by atoms with Gasteiger partial charge in [0.2, 0.25) is 5.88 Å². The fourth-order valence-electron chi connectivity index (χ4n) is 3.35. The van der Waals surface area contributed by atoms with E-state index in [-0.39, 0.29) is 5.97 Å². The molecule has 0 amide bonds. The maximum Gasteiger partial charge on any atom is 0.311 e. The fourth-order valence-corrected chi connectivity index (χ4v) is 3.65. The van der Waals surface area contributed by atoms with E-state index in [0.717, 1.165) is 41.3 Å². The van der Waals surface area contributed by atoms with Crippen LogP contribution in [0.1, 0.15) is 33.1 Å². The second kappa shape index (κ2) is 9.67. The zero-order chi connectivity index (χ0) is 21.7. The van der Waals surface area contributed by atoms with Crippen molar-refractivity contribution < 1.29 is 14.3 Å². The lowest BCUT2D eigenvalue weighted by molar-refractivity contribution is -0.151. The highest BCUT2D eigenvalue weighted by Gasteiger charge is 2.27. The number of aromatic nitrogens is 1. The van der Waals surface area contributed by atoms with E-state index in [1.54, 1.807) is 6.07 Å². The Balaban J connectivity index is 1.74. The van der Waals surface area contributed by atoms with Crippen LogP contribution in [0.5, 0.6) is 5.88 Å². The third-order valence-corrected chi connectivity index (χ3v) is 5.85. The number of carbonyl (C=O) groups excluding carboxylic acids is 1. The number of pyridine rings is 1. The van der Waals surface area contributed by atoms with Gasteiger partial charge in [-0.2, -0.15) is 0 Å². The molecule has 0 N–H and O–H groups in total. The molecule has 1 heterocycles. The predicted molar refractivity (Wildman–Crippen MR) is 122 cm³/mol. The van der Waals surface area contributed by atoms with Crippen LogP contribution in [-0.4, -0.2) is 24.7 Å². The number of halogens is 2. The van der Waals surface area contributed by atoms with Crippen LogP contribution in [0.15, 0.2) is 48.5 Å². The zero-order valence-corrected chi connectivity index (χ0v) is 18.9. The fraction of sp³-hybridized carbons (Fsp3) is 0.333. The third-order valence-electron chi connectivity index (χ3n) is 5.11. The second-order valence-electron chi connectivity index (χ2n) is 7.84. The lowest BCUT2D eigenvalue weighted by atomic mass is 9.87. The molecule has 0 atom stereocenters. The van der Waals surface area contributed by atoms with E-state index in [9.17, 15) is 4.79 Å². The van der Waals surface area contributed by atoms with Crippen molar-refractivity contribution in [1.29, 1.82) is 0 Å². The van der Waals surface area contributed by atoms with Gasteiger partial charge in [-0.25, -0.2) is 4.98 Å². The Bertz CT molecular complexity index is 1050. The molecule has 0 radical (unpaired) electrons. The number of unbranched alkanes of at least 4 members (excludes halogenated alkanes) is 1. The Morgan fingerprint density at radius 1 is 1.03 bits per heavy atom. The number of para-hydroxylation sites is 1. The van der Waals surface area contributed by atoms with Gasteiger partial charge < -0.3 is 9.47 Å². The molecular weight excluding hydrogens is 421 g/mol. The first-order valence-electron chi connectivity index (χ1n) is 9.88. The molecule has 4 nitrogen and oxygen atoms in total. The molecule has 1 aromatic heterocycles. The van der Waals surface area contributed by atoms with E-state index < -0.39 is 5.41 Å². The van der Waals surface area contributed by atoms with E-state index in [2.05, 4.69) is 4.98 Å². The lowest BCUT2D eigenvalue weighted by Gasteiger charge is -2.21. The Hall–Kier alpha value is -2.30. The number of fused-ring (bicyclic) bond motifs is 1. The summed E-state index contributed by atoms with van der Waals surface area (Å²) < 4.78 is 10.8. The van der Waals surface area contributed by atoms with Crippen LogP contribution < -0.4 is 4.74 Å². The highest BCUT2D eigenvalue weighted by molar-refractivity contribution is 6.42. The van der Waals surface area contributed by atoms with Crippen molar-refractivity contribution >= 4 is 40.1 Å². The number of ether oxygens (including phenoxy) is 2. The van der Waals surface area contributed by atoms with Gasteiger partial charge in [-0.1, -0.05) is 47.5 Å². The van der Waals surface area contributed by atoms with E-state index in [0.29, 0.717) is 22.5 Å². The zero-order valence-electron chi connectivity index (χ0n) is 17.4. The average Bonchev–Trinajstić information content (AvgIpc) is 2.74. The Kier molecular flexibility index (Phi) is 7.22. The van der Waals surface area contributed by atoms with Crippen LogP contribution in [0.2, 0.25) is 10.0 Å². The summed E-state index contributed by atoms with van der Waals surface area (Å²) in [5, 5.41) is 2.04. The Morgan fingerprint density at radius 3 is 2.53 bits per heavy atom. The van der Waals surface area contributed by atoms with Crippen molar-refractivity contribution in [3.8, 4) is 17.0 Å². The molecular formula is C24H25Cl2NO3. The number of benzene rings is 2. The van der Waals surface area contributed by atoms with Crippen LogP contribution in [0, 0.1) is 5.41 Å². The number of carbonyl (C=O) groups is 1. The van der Waals surface area contributed by atoms with Crippen molar-refractivity contribution in [3.63, 3.8) is 0 Å². The minimum absolute atomic E-state index is 0.189. The lowest BCUT2D eigenvalue weighted by Crippen LogP contribution is -2.25. The minimum atomic E-state index is -0.489. The Labute approximate surface area is 187 Å². The first kappa shape index (κ1) is 22.4. The summed E-state index contributed by atoms with van der Waals surface area (Å²) in [5.41, 5.74) is 2.30. The van der Waals surface area contributed by atoms with Gasteiger partial charge in [0, 0.05) is 11.5 Å². The first-order chi connectivity index (χ1) is 14.3. The summed E-state index contributed by atoms with van der Waals surface area (Å²) in [4.78, 5) is 16.4. The highest BCUT2D eigenvalue weighted by Crippen LogP contribution is 2.34. The number of nitrogens with zero attached hydrogens (tertiary/aromatic N) is 1. The quantitative estimate of drug-likeness (QED) is 0.277. The SMILES string of the molecule is COC(=O)C(C)(C)CCCCOc1cc(-c2ccc(Cl)c(Cl)c2)c2ccccc2n1. The van der Waals surface area contributed by atoms with Crippen molar-refractivity contribution in [2.75, 3.05) is 13.7 Å². The number of hydrogen-bond acceptors (Lipinski definition) is 4. The molecule has 0 fully saturated rings. The van der Waals surface area contributed by atoms with Crippen molar-refractivity contribution in [2.24, 2.45) is 5.41 Å². The summed E-state index contributed by atoms with van der Waals surface area (Å²) in [6.45, 7) is 4.31. The molecule has 0 saturated carbocycles. The number of esters is 1. The number of rotatable bonds is 8. The molecule has 0 unspecified atom stereocenters. The molecule has 30 heavy (non-hydrogen) atoms. The molecule has 0 aliphatic heterocycles. The third kappa shape index (κ3) is 5.24. The van der Waals surface area contributed by atoms with Crippen molar-refractivity contribution in [3.05, 3.63) is 58.6 Å². The molecule has 0 spiro atoms. The van der Waals surface area contributed by atoms with Crippen LogP contribution in [0.4, 0.5) is 0 Å². The maximum atomic E-state index is 11.8. The summed E-state index contributed by atoms with van der Waals surface area (Å²) in [7, 11) is 1.42. The van der Waals surface area contributed by atoms with Gasteiger partial charge in [0.1, 0.15) is 0 Å². The first-order valence-corrected chi connectivity index (χ1v) is 10.6. The van der Waals surface area contributed by atoms with Crippen molar-refractivity contribution in [1.82, 2.24) is 4.98 Å². The number of hydrogen-bond donors (Lipinski definition) is 0. The minimum Gasteiger partial charge on any atom is -0.478 e. The normalized spacial score (nSPS) is 11.5. The van der Waals surface area contributed by atoms with Crippen LogP contribution >= 0.6 is 23.2 Å². The van der Waals surface area contributed by atoms with Crippen molar-refractivity contribution in [2.45, 2.75) is 33.1 Å². The average molecular weight is 446 g/mol. The van der Waals surface area contributed by atoms with Gasteiger partial charge in [-0.3, -0.25) is 4.79 Å².